The zero-order chi connectivity index (χ0) is 13.8. The molecule has 0 fully saturated rings. The van der Waals surface area contributed by atoms with Crippen LogP contribution in [-0.4, -0.2) is 23.0 Å². The molecule has 0 saturated carbocycles. The molecule has 0 aliphatic heterocycles. The fourth-order valence-corrected chi connectivity index (χ4v) is 1.42. The fraction of sp³-hybridized carbons (Fsp3) is 0.0833. The van der Waals surface area contributed by atoms with Crippen LogP contribution in [0.5, 0.6) is 5.88 Å². The number of amides is 1. The third-order valence-corrected chi connectivity index (χ3v) is 2.27. The van der Waals surface area contributed by atoms with Gasteiger partial charge in [-0.2, -0.15) is 13.8 Å². The summed E-state index contributed by atoms with van der Waals surface area (Å²) in [6, 6.07) is 5.03. The number of carbonyl (C=O) groups excluding carboxylic acids is 1. The first-order valence-electron chi connectivity index (χ1n) is 5.24. The van der Waals surface area contributed by atoms with E-state index in [1.165, 1.54) is 25.4 Å². The Kier molecular flexibility index (Phi) is 3.65. The topological polar surface area (TPSA) is 64.1 Å². The molecule has 7 heteroatoms. The Bertz CT molecular complexity index is 620. The van der Waals surface area contributed by atoms with Gasteiger partial charge in [0, 0.05) is 6.20 Å². The van der Waals surface area contributed by atoms with E-state index in [1.807, 2.05) is 0 Å². The van der Waals surface area contributed by atoms with E-state index in [9.17, 15) is 13.6 Å². The lowest BCUT2D eigenvalue weighted by Gasteiger charge is -2.08. The third-order valence-electron chi connectivity index (χ3n) is 2.27. The zero-order valence-electron chi connectivity index (χ0n) is 9.85. The number of nitrogens with one attached hydrogen (secondary N) is 1. The van der Waals surface area contributed by atoms with Crippen LogP contribution < -0.4 is 10.1 Å². The summed E-state index contributed by atoms with van der Waals surface area (Å²) < 4.78 is 30.8. The van der Waals surface area contributed by atoms with Crippen LogP contribution in [0.4, 0.5) is 14.5 Å². The molecule has 2 rings (SSSR count). The minimum absolute atomic E-state index is 0.107. The van der Waals surface area contributed by atoms with Crippen molar-refractivity contribution in [3.63, 3.8) is 0 Å². The summed E-state index contributed by atoms with van der Waals surface area (Å²) >= 11 is 0. The van der Waals surface area contributed by atoms with Gasteiger partial charge < -0.3 is 10.1 Å². The number of pyridine rings is 2. The molecular weight excluding hydrogens is 256 g/mol. The first kappa shape index (κ1) is 12.9. The van der Waals surface area contributed by atoms with Crippen molar-refractivity contribution in [1.82, 2.24) is 9.97 Å². The van der Waals surface area contributed by atoms with Gasteiger partial charge in [0.05, 0.1) is 12.8 Å². The zero-order valence-corrected chi connectivity index (χ0v) is 9.85. The minimum atomic E-state index is -1.10. The second-order valence-electron chi connectivity index (χ2n) is 3.49. The average Bonchev–Trinajstić information content (AvgIpc) is 2.41. The van der Waals surface area contributed by atoms with Gasteiger partial charge in [-0.25, -0.2) is 4.98 Å². The molecular formula is C12H9F2N3O2. The number of hydrogen-bond donors (Lipinski definition) is 1. The standard InChI is InChI=1S/C12H9F2N3O2/c1-19-12-7(3-2-6-15-12)11(18)16-8-4-5-9(13)17-10(8)14/h2-6H,1H3,(H,16,18). The molecule has 19 heavy (non-hydrogen) atoms. The fourth-order valence-electron chi connectivity index (χ4n) is 1.42. The Morgan fingerprint density at radius 2 is 2.11 bits per heavy atom. The number of hydrogen-bond acceptors (Lipinski definition) is 4. The van der Waals surface area contributed by atoms with E-state index in [0.717, 1.165) is 12.1 Å². The average molecular weight is 265 g/mol. The first-order valence-corrected chi connectivity index (χ1v) is 5.24. The Morgan fingerprint density at radius 1 is 1.32 bits per heavy atom. The van der Waals surface area contributed by atoms with Crippen molar-refractivity contribution in [3.8, 4) is 5.88 Å². The smallest absolute Gasteiger partial charge is 0.261 e. The summed E-state index contributed by atoms with van der Waals surface area (Å²) in [6.07, 6.45) is 1.45. The number of ether oxygens (including phenoxy) is 1. The van der Waals surface area contributed by atoms with Crippen LogP contribution in [0.1, 0.15) is 10.4 Å². The molecule has 98 valence electrons. The van der Waals surface area contributed by atoms with Crippen LogP contribution in [0.2, 0.25) is 0 Å². The van der Waals surface area contributed by atoms with Gasteiger partial charge in [0.1, 0.15) is 5.56 Å². The molecule has 2 aromatic rings. The highest BCUT2D eigenvalue weighted by Gasteiger charge is 2.15. The van der Waals surface area contributed by atoms with Gasteiger partial charge in [0.15, 0.2) is 0 Å². The Balaban J connectivity index is 2.26. The lowest BCUT2D eigenvalue weighted by molar-refractivity contribution is 0.102. The van der Waals surface area contributed by atoms with Crippen molar-refractivity contribution in [2.24, 2.45) is 0 Å². The monoisotopic (exact) mass is 265 g/mol. The molecule has 0 aromatic carbocycles. The van der Waals surface area contributed by atoms with Crippen LogP contribution >= 0.6 is 0 Å². The van der Waals surface area contributed by atoms with E-state index < -0.39 is 17.8 Å². The summed E-state index contributed by atoms with van der Waals surface area (Å²) in [7, 11) is 1.36. The summed E-state index contributed by atoms with van der Waals surface area (Å²) in [5, 5.41) is 2.27. The summed E-state index contributed by atoms with van der Waals surface area (Å²) in [5.74, 6) is -2.58. The predicted octanol–water partition coefficient (Wildman–Crippen LogP) is 2.02. The third kappa shape index (κ3) is 2.82. The van der Waals surface area contributed by atoms with Crippen LogP contribution in [0.3, 0.4) is 0 Å². The van der Waals surface area contributed by atoms with Crippen molar-refractivity contribution in [2.75, 3.05) is 12.4 Å². The second-order valence-corrected chi connectivity index (χ2v) is 3.49. The van der Waals surface area contributed by atoms with Crippen molar-refractivity contribution < 1.29 is 18.3 Å². The maximum atomic E-state index is 13.3. The van der Waals surface area contributed by atoms with E-state index in [4.69, 9.17) is 4.74 Å². The van der Waals surface area contributed by atoms with E-state index in [1.54, 1.807) is 0 Å². The van der Waals surface area contributed by atoms with Crippen LogP contribution in [0, 0.1) is 11.9 Å². The quantitative estimate of drug-likeness (QED) is 0.862. The number of nitrogens with zero attached hydrogens (tertiary/aromatic N) is 2. The molecule has 1 N–H and O–H groups in total. The predicted molar refractivity (Wildman–Crippen MR) is 62.9 cm³/mol. The van der Waals surface area contributed by atoms with Crippen LogP contribution in [0.25, 0.3) is 0 Å². The van der Waals surface area contributed by atoms with E-state index in [2.05, 4.69) is 15.3 Å². The number of anilines is 1. The lowest BCUT2D eigenvalue weighted by atomic mass is 10.2. The summed E-state index contributed by atoms with van der Waals surface area (Å²) in [6.45, 7) is 0. The van der Waals surface area contributed by atoms with Gasteiger partial charge in [0.2, 0.25) is 17.8 Å². The summed E-state index contributed by atoms with van der Waals surface area (Å²) in [4.78, 5) is 18.7. The lowest BCUT2D eigenvalue weighted by Crippen LogP contribution is -2.15. The number of rotatable bonds is 3. The molecule has 0 saturated heterocycles. The molecule has 0 atom stereocenters. The van der Waals surface area contributed by atoms with Crippen molar-refractivity contribution in [1.29, 1.82) is 0 Å². The number of halogens is 2. The number of methoxy groups -OCH3 is 1. The molecule has 0 aliphatic rings. The normalized spacial score (nSPS) is 10.1. The largest absolute Gasteiger partial charge is 0.480 e. The minimum Gasteiger partial charge on any atom is -0.480 e. The molecule has 2 heterocycles. The maximum Gasteiger partial charge on any atom is 0.261 e. The van der Waals surface area contributed by atoms with Gasteiger partial charge in [-0.1, -0.05) is 0 Å². The van der Waals surface area contributed by atoms with Crippen molar-refractivity contribution >= 4 is 11.6 Å². The molecule has 0 bridgehead atoms. The molecule has 0 spiro atoms. The highest BCUT2D eigenvalue weighted by Crippen LogP contribution is 2.17. The van der Waals surface area contributed by atoms with E-state index >= 15 is 0 Å². The molecule has 2 aromatic heterocycles. The molecule has 5 nitrogen and oxygen atoms in total. The molecule has 1 amide bonds. The first-order chi connectivity index (χ1) is 9.11. The Labute approximate surface area is 107 Å². The van der Waals surface area contributed by atoms with Gasteiger partial charge in [-0.3, -0.25) is 4.79 Å². The maximum absolute atomic E-state index is 13.3. The molecule has 0 radical (unpaired) electrons. The highest BCUT2D eigenvalue weighted by atomic mass is 19.1. The summed E-state index contributed by atoms with van der Waals surface area (Å²) in [5.41, 5.74) is -0.0916. The van der Waals surface area contributed by atoms with Crippen molar-refractivity contribution in [2.45, 2.75) is 0 Å². The highest BCUT2D eigenvalue weighted by molar-refractivity contribution is 6.05. The molecule has 0 aliphatic carbocycles. The second kappa shape index (κ2) is 5.38. The van der Waals surface area contributed by atoms with Gasteiger partial charge in [-0.15, -0.1) is 0 Å². The molecule has 0 unspecified atom stereocenters. The van der Waals surface area contributed by atoms with E-state index in [-0.39, 0.29) is 17.1 Å². The van der Waals surface area contributed by atoms with Crippen molar-refractivity contribution in [3.05, 3.63) is 47.9 Å². The van der Waals surface area contributed by atoms with E-state index in [0.29, 0.717) is 0 Å². The Morgan fingerprint density at radius 3 is 2.79 bits per heavy atom. The number of aromatic nitrogens is 2. The van der Waals surface area contributed by atoms with Gasteiger partial charge in [-0.05, 0) is 24.3 Å². The Hall–Kier alpha value is -2.57. The number of carbonyl (C=O) groups is 1. The van der Waals surface area contributed by atoms with Gasteiger partial charge in [0.25, 0.3) is 5.91 Å². The van der Waals surface area contributed by atoms with Crippen LogP contribution in [0.15, 0.2) is 30.5 Å². The SMILES string of the molecule is COc1ncccc1C(=O)Nc1ccc(F)nc1F. The van der Waals surface area contributed by atoms with Crippen LogP contribution in [-0.2, 0) is 0 Å². The van der Waals surface area contributed by atoms with Gasteiger partial charge >= 0.3 is 0 Å².